The van der Waals surface area contributed by atoms with Crippen molar-refractivity contribution in [3.63, 3.8) is 0 Å². The quantitative estimate of drug-likeness (QED) is 0.742. The van der Waals surface area contributed by atoms with Crippen molar-refractivity contribution in [2.24, 2.45) is 5.73 Å². The first-order chi connectivity index (χ1) is 11.3. The van der Waals surface area contributed by atoms with Crippen molar-refractivity contribution in [1.29, 1.82) is 0 Å². The van der Waals surface area contributed by atoms with Crippen molar-refractivity contribution >= 4 is 17.6 Å². The molecule has 2 aromatic rings. The van der Waals surface area contributed by atoms with Crippen LogP contribution in [0.15, 0.2) is 30.6 Å². The van der Waals surface area contributed by atoms with Crippen molar-refractivity contribution in [3.8, 4) is 0 Å². The molecule has 24 heavy (non-hydrogen) atoms. The standard InChI is InChI=1S/C15H17F2N5O2/c1-9(5-11-12(16)3-2-4-13(11)17)20-15(24)21-10-6-19-22(7-10)8-14(18)23/h2-4,6-7,9H,5,8H2,1H3,(H2,18,23)(H2,20,21,24). The molecule has 1 aromatic heterocycles. The molecule has 7 nitrogen and oxygen atoms in total. The summed E-state index contributed by atoms with van der Waals surface area (Å²) < 4.78 is 28.4. The predicted molar refractivity (Wildman–Crippen MR) is 83.1 cm³/mol. The van der Waals surface area contributed by atoms with Crippen LogP contribution in [-0.2, 0) is 17.8 Å². The lowest BCUT2D eigenvalue weighted by atomic mass is 10.1. The number of carbonyl (C=O) groups excluding carboxylic acids is 2. The average Bonchev–Trinajstić information content (AvgIpc) is 2.89. The van der Waals surface area contributed by atoms with E-state index in [1.807, 2.05) is 0 Å². The molecule has 0 aliphatic rings. The number of aromatic nitrogens is 2. The minimum Gasteiger partial charge on any atom is -0.368 e. The van der Waals surface area contributed by atoms with Gasteiger partial charge >= 0.3 is 6.03 Å². The number of amides is 3. The fraction of sp³-hybridized carbons (Fsp3) is 0.267. The van der Waals surface area contributed by atoms with Crippen LogP contribution in [0.2, 0.25) is 0 Å². The molecule has 0 fully saturated rings. The van der Waals surface area contributed by atoms with E-state index in [4.69, 9.17) is 5.73 Å². The van der Waals surface area contributed by atoms with Gasteiger partial charge in [0.25, 0.3) is 0 Å². The molecule has 2 rings (SSSR count). The number of nitrogens with one attached hydrogen (secondary N) is 2. The molecule has 3 amide bonds. The van der Waals surface area contributed by atoms with Gasteiger partial charge < -0.3 is 16.4 Å². The van der Waals surface area contributed by atoms with Crippen molar-refractivity contribution < 1.29 is 18.4 Å². The molecule has 0 aliphatic heterocycles. The van der Waals surface area contributed by atoms with E-state index in [1.54, 1.807) is 6.92 Å². The van der Waals surface area contributed by atoms with Gasteiger partial charge in [0.15, 0.2) is 0 Å². The van der Waals surface area contributed by atoms with Gasteiger partial charge in [0.2, 0.25) is 5.91 Å². The summed E-state index contributed by atoms with van der Waals surface area (Å²) in [6.45, 7) is 1.52. The Balaban J connectivity index is 1.90. The van der Waals surface area contributed by atoms with Gasteiger partial charge in [-0.15, -0.1) is 0 Å². The second kappa shape index (κ2) is 7.53. The minimum absolute atomic E-state index is 0.00681. The molecule has 1 unspecified atom stereocenters. The highest BCUT2D eigenvalue weighted by Gasteiger charge is 2.14. The number of anilines is 1. The second-order valence-corrected chi connectivity index (χ2v) is 5.30. The van der Waals surface area contributed by atoms with Crippen molar-refractivity contribution in [3.05, 3.63) is 47.8 Å². The number of halogens is 2. The Kier molecular flexibility index (Phi) is 5.46. The number of urea groups is 1. The molecule has 1 atom stereocenters. The van der Waals surface area contributed by atoms with Crippen LogP contribution in [-0.4, -0.2) is 27.8 Å². The number of hydrogen-bond donors (Lipinski definition) is 3. The van der Waals surface area contributed by atoms with Crippen LogP contribution in [0, 0.1) is 11.6 Å². The number of primary amides is 1. The highest BCUT2D eigenvalue weighted by Crippen LogP contribution is 2.14. The summed E-state index contributed by atoms with van der Waals surface area (Å²) in [5.41, 5.74) is 5.31. The van der Waals surface area contributed by atoms with Crippen molar-refractivity contribution in [2.75, 3.05) is 5.32 Å². The molecule has 0 aliphatic carbocycles. The molecule has 1 heterocycles. The number of benzene rings is 1. The zero-order valence-electron chi connectivity index (χ0n) is 12.9. The van der Waals surface area contributed by atoms with E-state index >= 15 is 0 Å². The highest BCUT2D eigenvalue weighted by molar-refractivity contribution is 5.89. The van der Waals surface area contributed by atoms with Crippen LogP contribution in [0.4, 0.5) is 19.3 Å². The van der Waals surface area contributed by atoms with Crippen LogP contribution in [0.3, 0.4) is 0 Å². The van der Waals surface area contributed by atoms with Gasteiger partial charge in [-0.2, -0.15) is 5.10 Å². The lowest BCUT2D eigenvalue weighted by Crippen LogP contribution is -2.37. The SMILES string of the molecule is CC(Cc1c(F)cccc1F)NC(=O)Nc1cnn(CC(N)=O)c1. The largest absolute Gasteiger partial charge is 0.368 e. The number of hydrogen-bond acceptors (Lipinski definition) is 3. The Bertz CT molecular complexity index is 727. The van der Waals surface area contributed by atoms with Gasteiger partial charge in [0.05, 0.1) is 11.9 Å². The summed E-state index contributed by atoms with van der Waals surface area (Å²) in [7, 11) is 0. The molecule has 128 valence electrons. The van der Waals surface area contributed by atoms with Gasteiger partial charge in [0, 0.05) is 17.8 Å². The van der Waals surface area contributed by atoms with Gasteiger partial charge in [-0.1, -0.05) is 6.07 Å². The summed E-state index contributed by atoms with van der Waals surface area (Å²) in [6.07, 6.45) is 2.79. The maximum Gasteiger partial charge on any atom is 0.319 e. The van der Waals surface area contributed by atoms with E-state index in [-0.39, 0.29) is 18.5 Å². The van der Waals surface area contributed by atoms with Gasteiger partial charge in [-0.05, 0) is 25.5 Å². The maximum atomic E-state index is 13.6. The molecular formula is C15H17F2N5O2. The second-order valence-electron chi connectivity index (χ2n) is 5.30. The van der Waals surface area contributed by atoms with E-state index in [9.17, 15) is 18.4 Å². The Hall–Kier alpha value is -2.97. The summed E-state index contributed by atoms with van der Waals surface area (Å²) in [5.74, 6) is -1.87. The fourth-order valence-corrected chi connectivity index (χ4v) is 2.15. The van der Waals surface area contributed by atoms with E-state index in [0.29, 0.717) is 5.69 Å². The lowest BCUT2D eigenvalue weighted by Gasteiger charge is -2.15. The number of nitrogens with two attached hydrogens (primary N) is 1. The molecule has 9 heteroatoms. The fourth-order valence-electron chi connectivity index (χ4n) is 2.15. The summed E-state index contributed by atoms with van der Waals surface area (Å²) in [6, 6.07) is 2.55. The zero-order chi connectivity index (χ0) is 17.7. The third-order valence-electron chi connectivity index (χ3n) is 3.16. The van der Waals surface area contributed by atoms with Crippen LogP contribution in [0.1, 0.15) is 12.5 Å². The molecular weight excluding hydrogens is 320 g/mol. The normalized spacial score (nSPS) is 11.8. The smallest absolute Gasteiger partial charge is 0.319 e. The van der Waals surface area contributed by atoms with Gasteiger partial charge in [0.1, 0.15) is 18.2 Å². The minimum atomic E-state index is -0.656. The monoisotopic (exact) mass is 337 g/mol. The Labute approximate surface area is 136 Å². The summed E-state index contributed by atoms with van der Waals surface area (Å²) in [4.78, 5) is 22.7. The molecule has 0 radical (unpaired) electrons. The van der Waals surface area contributed by atoms with E-state index in [2.05, 4.69) is 15.7 Å². The van der Waals surface area contributed by atoms with E-state index in [1.165, 1.54) is 35.3 Å². The highest BCUT2D eigenvalue weighted by atomic mass is 19.1. The Morgan fingerprint density at radius 2 is 2.00 bits per heavy atom. The van der Waals surface area contributed by atoms with Crippen LogP contribution in [0.5, 0.6) is 0 Å². The number of carbonyl (C=O) groups is 2. The zero-order valence-corrected chi connectivity index (χ0v) is 12.9. The topological polar surface area (TPSA) is 102 Å². The average molecular weight is 337 g/mol. The molecule has 1 aromatic carbocycles. The first-order valence-electron chi connectivity index (χ1n) is 7.16. The maximum absolute atomic E-state index is 13.6. The Morgan fingerprint density at radius 3 is 2.62 bits per heavy atom. The summed E-state index contributed by atoms with van der Waals surface area (Å²) in [5, 5.41) is 8.93. The molecule has 4 N–H and O–H groups in total. The van der Waals surface area contributed by atoms with Crippen LogP contribution < -0.4 is 16.4 Å². The molecule has 0 spiro atoms. The van der Waals surface area contributed by atoms with Crippen LogP contribution in [0.25, 0.3) is 0 Å². The Morgan fingerprint density at radius 1 is 1.33 bits per heavy atom. The summed E-state index contributed by atoms with van der Waals surface area (Å²) >= 11 is 0. The first kappa shape index (κ1) is 17.4. The van der Waals surface area contributed by atoms with E-state index in [0.717, 1.165) is 0 Å². The lowest BCUT2D eigenvalue weighted by molar-refractivity contribution is -0.118. The number of rotatable bonds is 6. The first-order valence-corrected chi connectivity index (χ1v) is 7.16. The number of nitrogens with zero attached hydrogens (tertiary/aromatic N) is 2. The predicted octanol–water partition coefficient (Wildman–Crippen LogP) is 1.40. The van der Waals surface area contributed by atoms with Gasteiger partial charge in [-0.25, -0.2) is 13.6 Å². The third-order valence-corrected chi connectivity index (χ3v) is 3.16. The third kappa shape index (κ3) is 4.77. The van der Waals surface area contributed by atoms with Crippen LogP contribution >= 0.6 is 0 Å². The van der Waals surface area contributed by atoms with Crippen molar-refractivity contribution in [2.45, 2.75) is 25.9 Å². The molecule has 0 saturated heterocycles. The molecule has 0 bridgehead atoms. The van der Waals surface area contributed by atoms with Gasteiger partial charge in [-0.3, -0.25) is 9.48 Å². The van der Waals surface area contributed by atoms with E-state index < -0.39 is 29.6 Å². The molecule has 0 saturated carbocycles. The van der Waals surface area contributed by atoms with Crippen molar-refractivity contribution in [1.82, 2.24) is 15.1 Å².